The Balaban J connectivity index is 0.00000420. The topological polar surface area (TPSA) is 102 Å². The predicted octanol–water partition coefficient (Wildman–Crippen LogP) is 4.37. The summed E-state index contributed by atoms with van der Waals surface area (Å²) in [4.78, 5) is 37.5. The van der Waals surface area contributed by atoms with E-state index in [1.807, 2.05) is 20.9 Å². The zero-order valence-corrected chi connectivity index (χ0v) is 21.8. The molecule has 0 bridgehead atoms. The zero-order valence-electron chi connectivity index (χ0n) is 21.8. The number of carbonyl (C=O) groups is 2. The molecule has 1 aliphatic heterocycles. The van der Waals surface area contributed by atoms with Gasteiger partial charge in [0, 0.05) is 55.7 Å². The van der Waals surface area contributed by atoms with Gasteiger partial charge >= 0.3 is 6.18 Å². The van der Waals surface area contributed by atoms with Crippen LogP contribution in [0.25, 0.3) is 0 Å². The van der Waals surface area contributed by atoms with E-state index in [2.05, 4.69) is 30.8 Å². The maximum absolute atomic E-state index is 13.8. The van der Waals surface area contributed by atoms with Gasteiger partial charge in [0.25, 0.3) is 5.91 Å². The molecule has 1 aromatic heterocycles. The third kappa shape index (κ3) is 7.59. The van der Waals surface area contributed by atoms with E-state index in [0.717, 1.165) is 25.7 Å². The largest absolute Gasteiger partial charge is 0.421 e. The van der Waals surface area contributed by atoms with Crippen molar-refractivity contribution in [1.82, 2.24) is 25.1 Å². The molecule has 214 valence electrons. The molecule has 2 fully saturated rings. The number of nitrogens with one attached hydrogen (secondary N) is 3. The normalized spacial score (nSPS) is 19.9. The standard InChI is InChI=1S/C26H34F3N7O2.CH4/c1-16(2)31-23(37)19-8-5-9-21(19)33-22-20(26(27,28)29)15-30-25(34-22)32-18-7-4-6-17(14-18)24(38)36-12-10-35(3)11-13-36;/h4,6-7,14-16,19,21H,5,8-13H2,1-3H3,(H,31,37)(H2,30,32,33,34);1H4/t19-,21+;/m0./s1. The molecule has 0 unspecified atom stereocenters. The number of halogens is 3. The maximum atomic E-state index is 13.8. The Morgan fingerprint density at radius 3 is 2.49 bits per heavy atom. The number of aromatic nitrogens is 2. The SMILES string of the molecule is C.CC(C)NC(=O)[C@H]1CCC[C@H]1Nc1nc(Nc2cccc(C(=O)N3CCN(C)CC3)c2)ncc1C(F)(F)F. The average Bonchev–Trinajstić information content (AvgIpc) is 3.31. The lowest BCUT2D eigenvalue weighted by atomic mass is 10.0. The summed E-state index contributed by atoms with van der Waals surface area (Å²) in [7, 11) is 2.01. The third-order valence-electron chi connectivity index (χ3n) is 6.86. The van der Waals surface area contributed by atoms with Crippen molar-refractivity contribution >= 4 is 29.3 Å². The molecule has 0 radical (unpaired) electrons. The Kier molecular flexibility index (Phi) is 9.76. The van der Waals surface area contributed by atoms with Crippen LogP contribution in [-0.4, -0.2) is 76.9 Å². The number of alkyl halides is 3. The minimum atomic E-state index is -4.68. The van der Waals surface area contributed by atoms with E-state index in [1.165, 1.54) is 0 Å². The van der Waals surface area contributed by atoms with Gasteiger partial charge in [0.15, 0.2) is 0 Å². The molecule has 4 rings (SSSR count). The molecule has 1 aromatic carbocycles. The number of hydrogen-bond acceptors (Lipinski definition) is 7. The van der Waals surface area contributed by atoms with Crippen LogP contribution >= 0.6 is 0 Å². The molecular weight excluding hydrogens is 511 g/mol. The molecule has 39 heavy (non-hydrogen) atoms. The van der Waals surface area contributed by atoms with Crippen LogP contribution in [0.5, 0.6) is 0 Å². The van der Waals surface area contributed by atoms with Crippen molar-refractivity contribution in [2.24, 2.45) is 5.92 Å². The Morgan fingerprint density at radius 1 is 1.10 bits per heavy atom. The number of anilines is 3. The molecule has 0 spiro atoms. The number of hydrogen-bond donors (Lipinski definition) is 3. The summed E-state index contributed by atoms with van der Waals surface area (Å²) in [6.45, 7) is 6.52. The van der Waals surface area contributed by atoms with Gasteiger partial charge in [-0.2, -0.15) is 18.2 Å². The molecular formula is C27H38F3N7O2. The summed E-state index contributed by atoms with van der Waals surface area (Å²) in [6.07, 6.45) is -2.09. The van der Waals surface area contributed by atoms with Crippen molar-refractivity contribution < 1.29 is 22.8 Å². The number of likely N-dealkylation sites (N-methyl/N-ethyl adjacent to an activating group) is 1. The smallest absolute Gasteiger partial charge is 0.366 e. The Hall–Kier alpha value is -3.41. The van der Waals surface area contributed by atoms with Crippen molar-refractivity contribution in [2.75, 3.05) is 43.9 Å². The van der Waals surface area contributed by atoms with Crippen LogP contribution in [0.15, 0.2) is 30.5 Å². The highest BCUT2D eigenvalue weighted by Gasteiger charge is 2.39. The quantitative estimate of drug-likeness (QED) is 0.472. The van der Waals surface area contributed by atoms with Crippen molar-refractivity contribution in [3.8, 4) is 0 Å². The predicted molar refractivity (Wildman–Crippen MR) is 145 cm³/mol. The van der Waals surface area contributed by atoms with Crippen LogP contribution in [0.3, 0.4) is 0 Å². The second-order valence-electron chi connectivity index (χ2n) is 10.2. The minimum absolute atomic E-state index is 0. The molecule has 2 atom stereocenters. The first-order valence-corrected chi connectivity index (χ1v) is 12.9. The van der Waals surface area contributed by atoms with Crippen LogP contribution in [-0.2, 0) is 11.0 Å². The van der Waals surface area contributed by atoms with E-state index in [0.29, 0.717) is 37.2 Å². The molecule has 9 nitrogen and oxygen atoms in total. The number of carbonyl (C=O) groups excluding carboxylic acids is 2. The molecule has 1 saturated carbocycles. The number of rotatable bonds is 7. The van der Waals surface area contributed by atoms with Crippen LogP contribution < -0.4 is 16.0 Å². The van der Waals surface area contributed by atoms with E-state index >= 15 is 0 Å². The van der Waals surface area contributed by atoms with Crippen LogP contribution in [0.4, 0.5) is 30.6 Å². The first-order chi connectivity index (χ1) is 18.0. The van der Waals surface area contributed by atoms with Gasteiger partial charge < -0.3 is 25.8 Å². The first kappa shape index (κ1) is 30.1. The molecule has 1 saturated heterocycles. The maximum Gasteiger partial charge on any atom is 0.421 e. The fourth-order valence-corrected chi connectivity index (χ4v) is 4.82. The molecule has 12 heteroatoms. The van der Waals surface area contributed by atoms with Gasteiger partial charge in [0.2, 0.25) is 11.9 Å². The minimum Gasteiger partial charge on any atom is -0.366 e. The summed E-state index contributed by atoms with van der Waals surface area (Å²) in [6, 6.07) is 6.18. The number of piperazine rings is 1. The lowest BCUT2D eigenvalue weighted by Crippen LogP contribution is -2.47. The van der Waals surface area contributed by atoms with E-state index in [-0.39, 0.29) is 37.0 Å². The highest BCUT2D eigenvalue weighted by atomic mass is 19.4. The Labute approximate surface area is 227 Å². The molecule has 1 aliphatic carbocycles. The van der Waals surface area contributed by atoms with Crippen molar-refractivity contribution in [3.05, 3.63) is 41.6 Å². The van der Waals surface area contributed by atoms with Gasteiger partial charge in [0.1, 0.15) is 11.4 Å². The lowest BCUT2D eigenvalue weighted by Gasteiger charge is -2.32. The monoisotopic (exact) mass is 549 g/mol. The van der Waals surface area contributed by atoms with Crippen molar-refractivity contribution in [3.63, 3.8) is 0 Å². The fourth-order valence-electron chi connectivity index (χ4n) is 4.82. The van der Waals surface area contributed by atoms with Crippen molar-refractivity contribution in [1.29, 1.82) is 0 Å². The van der Waals surface area contributed by atoms with Gasteiger partial charge in [-0.25, -0.2) is 4.98 Å². The summed E-state index contributed by atoms with van der Waals surface area (Å²) >= 11 is 0. The first-order valence-electron chi connectivity index (χ1n) is 12.9. The highest BCUT2D eigenvalue weighted by molar-refractivity contribution is 5.95. The Morgan fingerprint density at radius 2 is 1.82 bits per heavy atom. The van der Waals surface area contributed by atoms with Crippen LogP contribution in [0.1, 0.15) is 56.5 Å². The molecule has 2 amide bonds. The summed E-state index contributed by atoms with van der Waals surface area (Å²) < 4.78 is 41.4. The number of amides is 2. The number of benzene rings is 1. The summed E-state index contributed by atoms with van der Waals surface area (Å²) in [5.74, 6) is -1.18. The van der Waals surface area contributed by atoms with Crippen LogP contribution in [0, 0.1) is 5.92 Å². The van der Waals surface area contributed by atoms with Crippen LogP contribution in [0.2, 0.25) is 0 Å². The lowest BCUT2D eigenvalue weighted by molar-refractivity contribution is -0.137. The number of nitrogens with zero attached hydrogens (tertiary/aromatic N) is 4. The summed E-state index contributed by atoms with van der Waals surface area (Å²) in [5.41, 5.74) is -0.0579. The molecule has 2 aromatic rings. The summed E-state index contributed by atoms with van der Waals surface area (Å²) in [5, 5.41) is 8.66. The van der Waals surface area contributed by atoms with Gasteiger partial charge in [0.05, 0.1) is 5.92 Å². The van der Waals surface area contributed by atoms with E-state index in [9.17, 15) is 22.8 Å². The third-order valence-corrected chi connectivity index (χ3v) is 6.86. The highest BCUT2D eigenvalue weighted by Crippen LogP contribution is 2.36. The van der Waals surface area contributed by atoms with E-state index < -0.39 is 23.7 Å². The fraction of sp³-hybridized carbons (Fsp3) is 0.556. The molecule has 2 aliphatic rings. The van der Waals surface area contributed by atoms with Gasteiger partial charge in [-0.05, 0) is 51.9 Å². The second-order valence-corrected chi connectivity index (χ2v) is 10.2. The molecule has 3 N–H and O–H groups in total. The van der Waals surface area contributed by atoms with Gasteiger partial charge in [-0.1, -0.05) is 19.9 Å². The zero-order chi connectivity index (χ0) is 27.4. The van der Waals surface area contributed by atoms with Gasteiger partial charge in [-0.3, -0.25) is 9.59 Å². The second kappa shape index (κ2) is 12.6. The Bertz CT molecular complexity index is 1150. The average molecular weight is 550 g/mol. The van der Waals surface area contributed by atoms with E-state index in [4.69, 9.17) is 0 Å². The van der Waals surface area contributed by atoms with E-state index in [1.54, 1.807) is 29.2 Å². The van der Waals surface area contributed by atoms with Gasteiger partial charge in [-0.15, -0.1) is 0 Å². The molecule has 2 heterocycles. The van der Waals surface area contributed by atoms with Crippen molar-refractivity contribution in [2.45, 2.75) is 58.8 Å².